The van der Waals surface area contributed by atoms with Crippen LogP contribution in [0.25, 0.3) is 0 Å². The van der Waals surface area contributed by atoms with Gasteiger partial charge >= 0.3 is 0 Å². The van der Waals surface area contributed by atoms with Gasteiger partial charge in [-0.3, -0.25) is 9.69 Å². The Morgan fingerprint density at radius 2 is 1.81 bits per heavy atom. The molecular weight excluding hydrogens is 390 g/mol. The van der Waals surface area contributed by atoms with Crippen LogP contribution in [0.2, 0.25) is 0 Å². The third kappa shape index (κ3) is 6.55. The minimum Gasteiger partial charge on any atom is -0.496 e. The van der Waals surface area contributed by atoms with Crippen LogP contribution in [0.3, 0.4) is 0 Å². The number of morpholine rings is 1. The molecule has 5 nitrogen and oxygen atoms in total. The molecule has 0 aliphatic carbocycles. The first-order valence-electron chi connectivity index (χ1n) is 11.3. The molecule has 0 aromatic heterocycles. The fourth-order valence-corrected chi connectivity index (χ4v) is 4.19. The van der Waals surface area contributed by atoms with Gasteiger partial charge in [0.2, 0.25) is 0 Å². The smallest absolute Gasteiger partial charge is 0.163 e. The average Bonchev–Trinajstić information content (AvgIpc) is 2.78. The third-order valence-electron chi connectivity index (χ3n) is 5.86. The molecule has 2 aromatic rings. The first-order chi connectivity index (χ1) is 15.1. The van der Waals surface area contributed by atoms with Crippen molar-refractivity contribution in [2.75, 3.05) is 46.6 Å². The van der Waals surface area contributed by atoms with Crippen molar-refractivity contribution in [3.63, 3.8) is 0 Å². The molecule has 0 saturated carbocycles. The van der Waals surface area contributed by atoms with Crippen LogP contribution in [0, 0.1) is 6.92 Å². The number of Topliss-reactive ketones (excluding diaryl/α,β-unsaturated/α-hetero) is 1. The Hall–Kier alpha value is -2.37. The second-order valence-corrected chi connectivity index (χ2v) is 8.13. The fraction of sp³-hybridized carbons (Fsp3) is 0.500. The van der Waals surface area contributed by atoms with Gasteiger partial charge in [-0.1, -0.05) is 30.3 Å². The first-order valence-corrected chi connectivity index (χ1v) is 11.3. The predicted octanol–water partition coefficient (Wildman–Crippen LogP) is 4.48. The number of benzene rings is 2. The van der Waals surface area contributed by atoms with E-state index in [9.17, 15) is 4.79 Å². The van der Waals surface area contributed by atoms with Crippen LogP contribution in [0.4, 0.5) is 0 Å². The average molecular weight is 426 g/mol. The maximum atomic E-state index is 12.5. The zero-order chi connectivity index (χ0) is 22.1. The van der Waals surface area contributed by atoms with Crippen LogP contribution in [0.15, 0.2) is 36.4 Å². The van der Waals surface area contributed by atoms with Gasteiger partial charge in [0.25, 0.3) is 0 Å². The number of aryl methyl sites for hydroxylation is 2. The third-order valence-corrected chi connectivity index (χ3v) is 5.86. The van der Waals surface area contributed by atoms with Gasteiger partial charge in [0, 0.05) is 25.2 Å². The molecule has 1 heterocycles. The molecular formula is C26H35NO4. The summed E-state index contributed by atoms with van der Waals surface area (Å²) in [6, 6.07) is 12.5. The summed E-state index contributed by atoms with van der Waals surface area (Å²) in [5.41, 5.74) is 3.94. The minimum atomic E-state index is 0.0343. The SMILES string of the molecule is COc1cc(C)c(C(C)=O)c(OCCN2CCOCC2)c1CCCCc1ccccc1. The predicted molar refractivity (Wildman–Crippen MR) is 124 cm³/mol. The second-order valence-electron chi connectivity index (χ2n) is 8.13. The van der Waals surface area contributed by atoms with E-state index >= 15 is 0 Å². The number of rotatable bonds is 11. The molecule has 1 aliphatic rings. The molecule has 0 atom stereocenters. The normalized spacial score (nSPS) is 14.4. The summed E-state index contributed by atoms with van der Waals surface area (Å²) >= 11 is 0. The van der Waals surface area contributed by atoms with Gasteiger partial charge in [-0.2, -0.15) is 0 Å². The van der Waals surface area contributed by atoms with Crippen LogP contribution >= 0.6 is 0 Å². The molecule has 0 radical (unpaired) electrons. The lowest BCUT2D eigenvalue weighted by Crippen LogP contribution is -2.38. The van der Waals surface area contributed by atoms with Crippen molar-refractivity contribution >= 4 is 5.78 Å². The molecule has 3 rings (SSSR count). The van der Waals surface area contributed by atoms with E-state index in [1.807, 2.05) is 19.1 Å². The van der Waals surface area contributed by atoms with Crippen molar-refractivity contribution in [2.24, 2.45) is 0 Å². The quantitative estimate of drug-likeness (QED) is 0.392. The highest BCUT2D eigenvalue weighted by Crippen LogP contribution is 2.37. The molecule has 2 aromatic carbocycles. The second kappa shape index (κ2) is 11.9. The largest absolute Gasteiger partial charge is 0.496 e. The molecule has 168 valence electrons. The van der Waals surface area contributed by atoms with Crippen molar-refractivity contribution < 1.29 is 19.0 Å². The number of unbranched alkanes of at least 4 members (excludes halogenated alkanes) is 1. The lowest BCUT2D eigenvalue weighted by Gasteiger charge is -2.27. The molecule has 1 saturated heterocycles. The minimum absolute atomic E-state index is 0.0343. The summed E-state index contributed by atoms with van der Waals surface area (Å²) in [6.45, 7) is 8.32. The Bertz CT molecular complexity index is 844. The number of carbonyl (C=O) groups is 1. The van der Waals surface area contributed by atoms with Gasteiger partial charge in [-0.05, 0) is 56.7 Å². The summed E-state index contributed by atoms with van der Waals surface area (Å²) in [5, 5.41) is 0. The van der Waals surface area contributed by atoms with Gasteiger partial charge in [0.05, 0.1) is 25.9 Å². The van der Waals surface area contributed by atoms with Crippen molar-refractivity contribution in [3.8, 4) is 11.5 Å². The lowest BCUT2D eigenvalue weighted by molar-refractivity contribution is 0.0321. The van der Waals surface area contributed by atoms with Crippen molar-refractivity contribution in [2.45, 2.75) is 39.5 Å². The van der Waals surface area contributed by atoms with Crippen molar-refractivity contribution in [1.29, 1.82) is 0 Å². The van der Waals surface area contributed by atoms with Crippen LogP contribution in [-0.2, 0) is 17.6 Å². The monoisotopic (exact) mass is 425 g/mol. The van der Waals surface area contributed by atoms with E-state index in [1.165, 1.54) is 5.56 Å². The number of ether oxygens (including phenoxy) is 3. The van der Waals surface area contributed by atoms with Gasteiger partial charge in [-0.15, -0.1) is 0 Å². The van der Waals surface area contributed by atoms with E-state index in [0.29, 0.717) is 17.9 Å². The molecule has 31 heavy (non-hydrogen) atoms. The highest BCUT2D eigenvalue weighted by atomic mass is 16.5. The Balaban J connectivity index is 1.72. The molecule has 0 bridgehead atoms. The zero-order valence-corrected chi connectivity index (χ0v) is 19.1. The van der Waals surface area contributed by atoms with Crippen LogP contribution in [0.5, 0.6) is 11.5 Å². The van der Waals surface area contributed by atoms with E-state index in [0.717, 1.165) is 75.4 Å². The Morgan fingerprint density at radius 1 is 1.10 bits per heavy atom. The number of carbonyl (C=O) groups excluding carboxylic acids is 1. The van der Waals surface area contributed by atoms with E-state index in [4.69, 9.17) is 14.2 Å². The molecule has 0 N–H and O–H groups in total. The molecule has 1 fully saturated rings. The molecule has 0 amide bonds. The number of methoxy groups -OCH3 is 1. The van der Waals surface area contributed by atoms with E-state index in [2.05, 4.69) is 29.2 Å². The summed E-state index contributed by atoms with van der Waals surface area (Å²) in [4.78, 5) is 14.8. The van der Waals surface area contributed by atoms with Crippen molar-refractivity contribution in [3.05, 3.63) is 58.7 Å². The summed E-state index contributed by atoms with van der Waals surface area (Å²) in [6.07, 6.45) is 3.94. The Labute approximate surface area is 186 Å². The van der Waals surface area contributed by atoms with Crippen LogP contribution in [-0.4, -0.2) is 57.2 Å². The summed E-state index contributed by atoms with van der Waals surface area (Å²) in [5.74, 6) is 1.55. The zero-order valence-electron chi connectivity index (χ0n) is 19.1. The van der Waals surface area contributed by atoms with Crippen molar-refractivity contribution in [1.82, 2.24) is 4.90 Å². The highest BCUT2D eigenvalue weighted by molar-refractivity contribution is 5.99. The molecule has 0 unspecified atom stereocenters. The van der Waals surface area contributed by atoms with Crippen LogP contribution < -0.4 is 9.47 Å². The van der Waals surface area contributed by atoms with Crippen LogP contribution in [0.1, 0.15) is 46.8 Å². The van der Waals surface area contributed by atoms with Gasteiger partial charge in [0.15, 0.2) is 5.78 Å². The number of nitrogens with zero attached hydrogens (tertiary/aromatic N) is 1. The molecule has 5 heteroatoms. The molecule has 0 spiro atoms. The van der Waals surface area contributed by atoms with E-state index in [1.54, 1.807) is 14.0 Å². The van der Waals surface area contributed by atoms with E-state index < -0.39 is 0 Å². The topological polar surface area (TPSA) is 48.0 Å². The van der Waals surface area contributed by atoms with E-state index in [-0.39, 0.29) is 5.78 Å². The maximum absolute atomic E-state index is 12.5. The van der Waals surface area contributed by atoms with Gasteiger partial charge in [-0.25, -0.2) is 0 Å². The summed E-state index contributed by atoms with van der Waals surface area (Å²) < 4.78 is 17.4. The van der Waals surface area contributed by atoms with Gasteiger partial charge < -0.3 is 14.2 Å². The Morgan fingerprint density at radius 3 is 2.48 bits per heavy atom. The number of ketones is 1. The number of hydrogen-bond acceptors (Lipinski definition) is 5. The standard InChI is InChI=1S/C26H35NO4/c1-20-19-24(29-3)23(12-8-7-11-22-9-5-4-6-10-22)26(25(20)21(2)28)31-18-15-27-13-16-30-17-14-27/h4-6,9-10,19H,7-8,11-18H2,1-3H3. The fourth-order valence-electron chi connectivity index (χ4n) is 4.19. The number of hydrogen-bond donors (Lipinski definition) is 0. The molecule has 1 aliphatic heterocycles. The Kier molecular flexibility index (Phi) is 8.92. The summed E-state index contributed by atoms with van der Waals surface area (Å²) in [7, 11) is 1.69. The maximum Gasteiger partial charge on any atom is 0.163 e. The lowest BCUT2D eigenvalue weighted by atomic mass is 9.95. The highest BCUT2D eigenvalue weighted by Gasteiger charge is 2.21. The van der Waals surface area contributed by atoms with Gasteiger partial charge in [0.1, 0.15) is 18.1 Å². The first kappa shape index (κ1) is 23.3.